The maximum Gasteiger partial charge on any atom is 0.332 e. The van der Waals surface area contributed by atoms with Crippen molar-refractivity contribution in [1.29, 1.82) is 5.26 Å². The molecule has 0 N–H and O–H groups in total. The molecule has 2 aromatic rings. The molecule has 0 radical (unpaired) electrons. The van der Waals surface area contributed by atoms with Gasteiger partial charge >= 0.3 is 5.69 Å². The molecule has 0 aliphatic rings. The summed E-state index contributed by atoms with van der Waals surface area (Å²) in [4.78, 5) is 25.8. The van der Waals surface area contributed by atoms with Crippen molar-refractivity contribution in [3.05, 3.63) is 61.3 Å². The lowest BCUT2D eigenvalue weighted by molar-refractivity contribution is 0.667. The monoisotopic (exact) mass is 318 g/mol. The van der Waals surface area contributed by atoms with Gasteiger partial charge in [0, 0.05) is 32.7 Å². The first-order valence-corrected chi connectivity index (χ1v) is 6.90. The Bertz CT molecular complexity index is 859. The zero-order chi connectivity index (χ0) is 16.4. The molecule has 6 nitrogen and oxygen atoms in total. The number of halogens is 1. The van der Waals surface area contributed by atoms with Crippen molar-refractivity contribution in [2.75, 3.05) is 11.9 Å². The zero-order valence-corrected chi connectivity index (χ0v) is 13.3. The molecule has 0 fully saturated rings. The molecule has 1 heterocycles. The van der Waals surface area contributed by atoms with E-state index in [2.05, 4.69) is 0 Å². The van der Waals surface area contributed by atoms with Gasteiger partial charge in [-0.25, -0.2) is 4.79 Å². The van der Waals surface area contributed by atoms with Gasteiger partial charge in [-0.3, -0.25) is 13.9 Å². The number of nitrogens with zero attached hydrogens (tertiary/aromatic N) is 4. The summed E-state index contributed by atoms with van der Waals surface area (Å²) in [7, 11) is 4.62. The molecule has 7 heteroatoms. The highest BCUT2D eigenvalue weighted by atomic mass is 35.5. The van der Waals surface area contributed by atoms with Crippen LogP contribution in [0.1, 0.15) is 11.1 Å². The Labute approximate surface area is 132 Å². The Balaban J connectivity index is 2.52. The molecule has 1 aromatic heterocycles. The van der Waals surface area contributed by atoms with Gasteiger partial charge in [-0.2, -0.15) is 5.26 Å². The predicted octanol–water partition coefficient (Wildman–Crippen LogP) is 1.25. The second-order valence-corrected chi connectivity index (χ2v) is 5.44. The van der Waals surface area contributed by atoms with Gasteiger partial charge in [0.2, 0.25) is 0 Å². The summed E-state index contributed by atoms with van der Waals surface area (Å²) in [6.45, 7) is 0.437. The highest BCUT2D eigenvalue weighted by Gasteiger charge is 2.18. The van der Waals surface area contributed by atoms with E-state index in [4.69, 9.17) is 11.6 Å². The first-order valence-electron chi connectivity index (χ1n) is 6.52. The van der Waals surface area contributed by atoms with Crippen LogP contribution < -0.4 is 16.1 Å². The summed E-state index contributed by atoms with van der Waals surface area (Å²) >= 11 is 5.85. The van der Waals surface area contributed by atoms with Gasteiger partial charge in [0.05, 0.1) is 0 Å². The number of benzene rings is 1. The molecule has 0 saturated heterocycles. The summed E-state index contributed by atoms with van der Waals surface area (Å²) in [5.74, 6) is 0.297. The van der Waals surface area contributed by atoms with Crippen molar-refractivity contribution in [1.82, 2.24) is 9.13 Å². The number of hydrogen-bond donors (Lipinski definition) is 0. The van der Waals surface area contributed by atoms with Gasteiger partial charge in [-0.05, 0) is 17.7 Å². The third kappa shape index (κ3) is 2.76. The van der Waals surface area contributed by atoms with E-state index in [1.54, 1.807) is 24.1 Å². The van der Waals surface area contributed by atoms with Crippen molar-refractivity contribution in [2.45, 2.75) is 6.54 Å². The zero-order valence-electron chi connectivity index (χ0n) is 12.5. The van der Waals surface area contributed by atoms with Crippen LogP contribution in [0.4, 0.5) is 5.82 Å². The Morgan fingerprint density at radius 3 is 2.32 bits per heavy atom. The van der Waals surface area contributed by atoms with E-state index in [1.165, 1.54) is 18.7 Å². The maximum absolute atomic E-state index is 12.1. The molecule has 114 valence electrons. The second kappa shape index (κ2) is 6.08. The Hall–Kier alpha value is -2.52. The van der Waals surface area contributed by atoms with Gasteiger partial charge in [-0.1, -0.05) is 23.7 Å². The van der Waals surface area contributed by atoms with Crippen LogP contribution in [0, 0.1) is 11.3 Å². The summed E-state index contributed by atoms with van der Waals surface area (Å²) in [5, 5.41) is 9.90. The van der Waals surface area contributed by atoms with E-state index in [-0.39, 0.29) is 5.56 Å². The van der Waals surface area contributed by atoms with Crippen LogP contribution in [-0.2, 0) is 20.6 Å². The summed E-state index contributed by atoms with van der Waals surface area (Å²) in [5.41, 5.74) is -0.171. The third-order valence-electron chi connectivity index (χ3n) is 3.44. The lowest BCUT2D eigenvalue weighted by Gasteiger charge is -2.23. The lowest BCUT2D eigenvalue weighted by Crippen LogP contribution is -2.41. The van der Waals surface area contributed by atoms with Gasteiger partial charge in [0.1, 0.15) is 11.9 Å². The average Bonchev–Trinajstić information content (AvgIpc) is 2.50. The first-order chi connectivity index (χ1) is 10.4. The molecule has 0 spiro atoms. The van der Waals surface area contributed by atoms with E-state index in [0.717, 1.165) is 10.1 Å². The molecule has 0 atom stereocenters. The van der Waals surface area contributed by atoms with E-state index in [0.29, 0.717) is 17.4 Å². The highest BCUT2D eigenvalue weighted by Crippen LogP contribution is 2.17. The molecular weight excluding hydrogens is 304 g/mol. The van der Waals surface area contributed by atoms with Crippen molar-refractivity contribution in [3.8, 4) is 6.07 Å². The van der Waals surface area contributed by atoms with Crippen molar-refractivity contribution in [2.24, 2.45) is 14.1 Å². The van der Waals surface area contributed by atoms with Crippen molar-refractivity contribution in [3.63, 3.8) is 0 Å². The van der Waals surface area contributed by atoms with E-state index in [9.17, 15) is 14.9 Å². The van der Waals surface area contributed by atoms with Gasteiger partial charge in [-0.15, -0.1) is 0 Å². The number of aromatic nitrogens is 2. The molecule has 0 amide bonds. The Kier molecular flexibility index (Phi) is 4.38. The lowest BCUT2D eigenvalue weighted by atomic mass is 10.2. The first kappa shape index (κ1) is 15.9. The van der Waals surface area contributed by atoms with Crippen LogP contribution in [0.2, 0.25) is 5.02 Å². The van der Waals surface area contributed by atoms with Crippen LogP contribution >= 0.6 is 11.6 Å². The van der Waals surface area contributed by atoms with E-state index in [1.807, 2.05) is 18.2 Å². The van der Waals surface area contributed by atoms with Crippen LogP contribution in [0.3, 0.4) is 0 Å². The molecule has 2 rings (SSSR count). The van der Waals surface area contributed by atoms with E-state index < -0.39 is 11.2 Å². The van der Waals surface area contributed by atoms with Gasteiger partial charge in [0.15, 0.2) is 5.56 Å². The fourth-order valence-corrected chi connectivity index (χ4v) is 2.44. The van der Waals surface area contributed by atoms with Crippen LogP contribution in [0.25, 0.3) is 0 Å². The standard InChI is InChI=1S/C15H15ClN4O2/c1-18(9-10-4-6-11(16)7-5-10)13-12(8-17)14(21)20(3)15(22)19(13)2/h4-7H,9H2,1-3H3. The second-order valence-electron chi connectivity index (χ2n) is 5.00. The van der Waals surface area contributed by atoms with Gasteiger partial charge < -0.3 is 4.90 Å². The molecule has 0 bridgehead atoms. The minimum atomic E-state index is -0.594. The predicted molar refractivity (Wildman–Crippen MR) is 85.2 cm³/mol. The Morgan fingerprint density at radius 1 is 1.18 bits per heavy atom. The summed E-state index contributed by atoms with van der Waals surface area (Å²) in [6.07, 6.45) is 0. The fourth-order valence-electron chi connectivity index (χ4n) is 2.32. The minimum absolute atomic E-state index is 0.0546. The topological polar surface area (TPSA) is 71.0 Å². The molecule has 0 unspecified atom stereocenters. The number of anilines is 1. The molecule has 0 aliphatic heterocycles. The van der Waals surface area contributed by atoms with Gasteiger partial charge in [0.25, 0.3) is 5.56 Å². The minimum Gasteiger partial charge on any atom is -0.355 e. The molecule has 22 heavy (non-hydrogen) atoms. The number of rotatable bonds is 3. The van der Waals surface area contributed by atoms with Crippen LogP contribution in [0.15, 0.2) is 33.9 Å². The summed E-state index contributed by atoms with van der Waals surface area (Å²) < 4.78 is 2.23. The molecule has 0 saturated carbocycles. The quantitative estimate of drug-likeness (QED) is 0.854. The summed E-state index contributed by atoms with van der Waals surface area (Å²) in [6, 6.07) is 9.12. The maximum atomic E-state index is 12.1. The fraction of sp³-hybridized carbons (Fsp3) is 0.267. The van der Waals surface area contributed by atoms with Crippen molar-refractivity contribution >= 4 is 17.4 Å². The van der Waals surface area contributed by atoms with E-state index >= 15 is 0 Å². The molecule has 1 aromatic carbocycles. The normalized spacial score (nSPS) is 10.3. The average molecular weight is 319 g/mol. The largest absolute Gasteiger partial charge is 0.355 e. The molecular formula is C15H15ClN4O2. The Morgan fingerprint density at radius 2 is 1.77 bits per heavy atom. The highest BCUT2D eigenvalue weighted by molar-refractivity contribution is 6.30. The van der Waals surface area contributed by atoms with Crippen LogP contribution in [0.5, 0.6) is 0 Å². The SMILES string of the molecule is CN(Cc1ccc(Cl)cc1)c1c(C#N)c(=O)n(C)c(=O)n1C. The van der Waals surface area contributed by atoms with Crippen LogP contribution in [-0.4, -0.2) is 16.2 Å². The smallest absolute Gasteiger partial charge is 0.332 e. The van der Waals surface area contributed by atoms with Crippen molar-refractivity contribution < 1.29 is 0 Å². The number of nitriles is 1. The molecule has 0 aliphatic carbocycles. The third-order valence-corrected chi connectivity index (χ3v) is 3.69. The number of hydrogen-bond acceptors (Lipinski definition) is 4.